The molecule has 1 aliphatic rings. The van der Waals surface area contributed by atoms with Crippen molar-refractivity contribution in [2.75, 3.05) is 13.1 Å². The minimum absolute atomic E-state index is 0.0240. The zero-order valence-corrected chi connectivity index (χ0v) is 17.8. The molecule has 0 aliphatic carbocycles. The summed E-state index contributed by atoms with van der Waals surface area (Å²) in [4.78, 5) is 20.0. The molecule has 0 saturated carbocycles. The smallest absolute Gasteiger partial charge is 0.234 e. The summed E-state index contributed by atoms with van der Waals surface area (Å²) in [5, 5.41) is 5.29. The molecular weight excluding hydrogens is 394 g/mol. The Kier molecular flexibility index (Phi) is 5.27. The van der Waals surface area contributed by atoms with E-state index in [1.807, 2.05) is 43.3 Å². The van der Waals surface area contributed by atoms with Crippen molar-refractivity contribution in [1.82, 2.24) is 15.2 Å². The molecule has 1 amide bonds. The van der Waals surface area contributed by atoms with Crippen molar-refractivity contribution < 1.29 is 9.21 Å². The van der Waals surface area contributed by atoms with Crippen molar-refractivity contribution >= 4 is 38.4 Å². The van der Waals surface area contributed by atoms with Crippen LogP contribution in [0.15, 0.2) is 59.0 Å². The van der Waals surface area contributed by atoms with E-state index in [2.05, 4.69) is 28.4 Å². The van der Waals surface area contributed by atoms with Crippen molar-refractivity contribution in [3.8, 4) is 0 Å². The number of fused-ring (bicyclic) bond motifs is 2. The Hall–Kier alpha value is -2.70. The molecule has 2 unspecified atom stereocenters. The second-order valence-corrected chi connectivity index (χ2v) is 9.04. The van der Waals surface area contributed by atoms with Gasteiger partial charge in [-0.1, -0.05) is 36.8 Å². The number of carbonyl (C=O) groups is 1. The molecule has 1 saturated heterocycles. The summed E-state index contributed by atoms with van der Waals surface area (Å²) in [7, 11) is 0. The molecular formula is C24H25N3O2S. The van der Waals surface area contributed by atoms with Crippen LogP contribution in [0.3, 0.4) is 0 Å². The first-order valence-electron chi connectivity index (χ1n) is 10.5. The van der Waals surface area contributed by atoms with Crippen LogP contribution in [-0.4, -0.2) is 28.9 Å². The molecule has 5 nitrogen and oxygen atoms in total. The molecule has 3 heterocycles. The lowest BCUT2D eigenvalue weighted by Crippen LogP contribution is -2.42. The van der Waals surface area contributed by atoms with E-state index in [4.69, 9.17) is 9.40 Å². The Labute approximate surface area is 179 Å². The molecule has 6 heteroatoms. The second-order valence-electron chi connectivity index (χ2n) is 7.98. The van der Waals surface area contributed by atoms with E-state index in [0.717, 1.165) is 46.6 Å². The average molecular weight is 420 g/mol. The van der Waals surface area contributed by atoms with E-state index < -0.39 is 0 Å². The fourth-order valence-corrected chi connectivity index (χ4v) is 5.39. The van der Waals surface area contributed by atoms with E-state index in [0.29, 0.717) is 6.54 Å². The van der Waals surface area contributed by atoms with Gasteiger partial charge in [-0.15, -0.1) is 11.3 Å². The standard InChI is InChI=1S/C24H25N3O2S/c1-16(21-14-17-8-2-4-11-20(17)29-21)25-23(28)15-27-13-7-6-10-19(27)24-26-18-9-3-5-12-22(18)30-24/h2-5,8-9,11-12,14,16,19H,6-7,10,13,15H2,1H3,(H,25,28). The molecule has 154 valence electrons. The van der Waals surface area contributed by atoms with Gasteiger partial charge in [-0.05, 0) is 50.6 Å². The van der Waals surface area contributed by atoms with Gasteiger partial charge in [0, 0.05) is 5.39 Å². The lowest BCUT2D eigenvalue weighted by molar-refractivity contribution is -0.124. The Bertz CT molecular complexity index is 1120. The summed E-state index contributed by atoms with van der Waals surface area (Å²) in [6.07, 6.45) is 3.34. The Morgan fingerprint density at radius 1 is 1.23 bits per heavy atom. The number of hydrogen-bond acceptors (Lipinski definition) is 5. The van der Waals surface area contributed by atoms with Crippen molar-refractivity contribution in [1.29, 1.82) is 0 Å². The maximum atomic E-state index is 12.8. The van der Waals surface area contributed by atoms with Gasteiger partial charge in [-0.2, -0.15) is 0 Å². The van der Waals surface area contributed by atoms with E-state index >= 15 is 0 Å². The molecule has 0 bridgehead atoms. The summed E-state index contributed by atoms with van der Waals surface area (Å²) in [6, 6.07) is 18.2. The van der Waals surface area contributed by atoms with Crippen molar-refractivity contribution in [2.45, 2.75) is 38.3 Å². The van der Waals surface area contributed by atoms with Gasteiger partial charge >= 0.3 is 0 Å². The van der Waals surface area contributed by atoms with Gasteiger partial charge < -0.3 is 9.73 Å². The van der Waals surface area contributed by atoms with Gasteiger partial charge in [0.15, 0.2) is 0 Å². The molecule has 1 aliphatic heterocycles. The zero-order chi connectivity index (χ0) is 20.5. The largest absolute Gasteiger partial charge is 0.459 e. The number of nitrogens with zero attached hydrogens (tertiary/aromatic N) is 2. The minimum Gasteiger partial charge on any atom is -0.459 e. The molecule has 5 rings (SSSR count). The first-order chi connectivity index (χ1) is 14.7. The summed E-state index contributed by atoms with van der Waals surface area (Å²) < 4.78 is 7.12. The molecule has 2 aromatic carbocycles. The summed E-state index contributed by atoms with van der Waals surface area (Å²) in [5.41, 5.74) is 1.89. The number of amides is 1. The molecule has 2 aromatic heterocycles. The molecule has 2 atom stereocenters. The molecule has 1 fully saturated rings. The highest BCUT2D eigenvalue weighted by molar-refractivity contribution is 7.18. The average Bonchev–Trinajstić information content (AvgIpc) is 3.38. The highest BCUT2D eigenvalue weighted by Crippen LogP contribution is 2.35. The van der Waals surface area contributed by atoms with Crippen LogP contribution in [0.5, 0.6) is 0 Å². The molecule has 1 N–H and O–H groups in total. The summed E-state index contributed by atoms with van der Waals surface area (Å²) in [5.74, 6) is 0.807. The summed E-state index contributed by atoms with van der Waals surface area (Å²) in [6.45, 7) is 3.27. The van der Waals surface area contributed by atoms with Gasteiger partial charge in [-0.25, -0.2) is 4.98 Å². The van der Waals surface area contributed by atoms with E-state index in [-0.39, 0.29) is 18.0 Å². The number of thiazole rings is 1. The quantitative estimate of drug-likeness (QED) is 0.467. The fraction of sp³-hybridized carbons (Fsp3) is 0.333. The van der Waals surface area contributed by atoms with Crippen LogP contribution in [0.2, 0.25) is 0 Å². The Morgan fingerprint density at radius 2 is 2.07 bits per heavy atom. The molecule has 30 heavy (non-hydrogen) atoms. The van der Waals surface area contributed by atoms with Crippen LogP contribution in [-0.2, 0) is 4.79 Å². The Balaban J connectivity index is 1.28. The maximum Gasteiger partial charge on any atom is 0.234 e. The third-order valence-corrected chi connectivity index (χ3v) is 6.94. The van der Waals surface area contributed by atoms with Crippen LogP contribution >= 0.6 is 11.3 Å². The van der Waals surface area contributed by atoms with E-state index in [1.54, 1.807) is 11.3 Å². The minimum atomic E-state index is -0.171. The van der Waals surface area contributed by atoms with E-state index in [9.17, 15) is 4.79 Å². The SMILES string of the molecule is CC(NC(=O)CN1CCCCC1c1nc2ccccc2s1)c1cc2ccccc2o1. The van der Waals surface area contributed by atoms with Crippen LogP contribution in [0, 0.1) is 0 Å². The molecule has 4 aromatic rings. The van der Waals surface area contributed by atoms with Crippen LogP contribution in [0.1, 0.15) is 49.0 Å². The number of rotatable bonds is 5. The zero-order valence-electron chi connectivity index (χ0n) is 17.0. The molecule has 0 spiro atoms. The highest BCUT2D eigenvalue weighted by atomic mass is 32.1. The number of para-hydroxylation sites is 2. The first-order valence-corrected chi connectivity index (χ1v) is 11.4. The van der Waals surface area contributed by atoms with Crippen LogP contribution in [0.25, 0.3) is 21.2 Å². The van der Waals surface area contributed by atoms with Crippen molar-refractivity contribution in [3.63, 3.8) is 0 Å². The topological polar surface area (TPSA) is 58.4 Å². The number of likely N-dealkylation sites (tertiary alicyclic amines) is 1. The summed E-state index contributed by atoms with van der Waals surface area (Å²) >= 11 is 1.75. The predicted molar refractivity (Wildman–Crippen MR) is 121 cm³/mol. The van der Waals surface area contributed by atoms with Crippen molar-refractivity contribution in [3.05, 3.63) is 65.4 Å². The third-order valence-electron chi connectivity index (χ3n) is 5.80. The fourth-order valence-electron chi connectivity index (χ4n) is 4.25. The number of hydrogen-bond donors (Lipinski definition) is 1. The second kappa shape index (κ2) is 8.20. The highest BCUT2D eigenvalue weighted by Gasteiger charge is 2.28. The number of piperidine rings is 1. The lowest BCUT2D eigenvalue weighted by atomic mass is 10.0. The number of furan rings is 1. The predicted octanol–water partition coefficient (Wildman–Crippen LogP) is 5.45. The number of carbonyl (C=O) groups excluding carboxylic acids is 1. The Morgan fingerprint density at radius 3 is 2.93 bits per heavy atom. The van der Waals surface area contributed by atoms with Gasteiger partial charge in [0.25, 0.3) is 0 Å². The third kappa shape index (κ3) is 3.85. The normalized spacial score (nSPS) is 18.6. The van der Waals surface area contributed by atoms with Gasteiger partial charge in [-0.3, -0.25) is 9.69 Å². The number of benzene rings is 2. The first kappa shape index (κ1) is 19.3. The van der Waals surface area contributed by atoms with Gasteiger partial charge in [0.2, 0.25) is 5.91 Å². The number of aromatic nitrogens is 1. The van der Waals surface area contributed by atoms with Gasteiger partial charge in [0.1, 0.15) is 16.4 Å². The van der Waals surface area contributed by atoms with Crippen LogP contribution < -0.4 is 5.32 Å². The monoisotopic (exact) mass is 419 g/mol. The van der Waals surface area contributed by atoms with E-state index in [1.165, 1.54) is 11.1 Å². The lowest BCUT2D eigenvalue weighted by Gasteiger charge is -2.34. The van der Waals surface area contributed by atoms with Crippen LogP contribution in [0.4, 0.5) is 0 Å². The molecule has 0 radical (unpaired) electrons. The maximum absolute atomic E-state index is 12.8. The van der Waals surface area contributed by atoms with Crippen molar-refractivity contribution in [2.24, 2.45) is 0 Å². The van der Waals surface area contributed by atoms with Gasteiger partial charge in [0.05, 0.1) is 28.8 Å². The number of nitrogens with one attached hydrogen (secondary N) is 1.